The van der Waals surface area contributed by atoms with Crippen LogP contribution in [-0.4, -0.2) is 55.9 Å². The molecule has 0 unspecified atom stereocenters. The number of nitrogens with one attached hydrogen (secondary N) is 1. The number of hydrogen-bond donors (Lipinski definition) is 3. The summed E-state index contributed by atoms with van der Waals surface area (Å²) in [4.78, 5) is 0. The van der Waals surface area contributed by atoms with Gasteiger partial charge in [0, 0.05) is 12.6 Å². The van der Waals surface area contributed by atoms with Crippen LogP contribution in [0.4, 0.5) is 0 Å². The average Bonchev–Trinajstić information content (AvgIpc) is 2.76. The smallest absolute Gasteiger partial charge is 0.0697 e. The van der Waals surface area contributed by atoms with Crippen LogP contribution in [-0.2, 0) is 16.0 Å². The lowest BCUT2D eigenvalue weighted by Crippen LogP contribution is -2.32. The molecule has 0 radical (unpaired) electrons. The Hall–Kier alpha value is -1.24. The van der Waals surface area contributed by atoms with Crippen molar-refractivity contribution in [3.05, 3.63) is 47.5 Å². The first kappa shape index (κ1) is 24.0. The molecule has 0 aliphatic heterocycles. The zero-order valence-corrected chi connectivity index (χ0v) is 17.7. The Labute approximate surface area is 176 Å². The summed E-state index contributed by atoms with van der Waals surface area (Å²) >= 11 is 0. The fraction of sp³-hybridized carbons (Fsp3) is 0.667. The van der Waals surface area contributed by atoms with E-state index >= 15 is 0 Å². The zero-order valence-electron chi connectivity index (χ0n) is 17.7. The maximum absolute atomic E-state index is 8.88. The summed E-state index contributed by atoms with van der Waals surface area (Å²) in [6, 6.07) is 11.2. The molecule has 1 fully saturated rings. The molecular formula is C24H39NO4. The highest BCUT2D eigenvalue weighted by Gasteiger charge is 2.21. The van der Waals surface area contributed by atoms with Crippen molar-refractivity contribution >= 4 is 0 Å². The van der Waals surface area contributed by atoms with Crippen LogP contribution in [0, 0.1) is 5.92 Å². The molecule has 0 atom stereocenters. The molecule has 1 aliphatic rings. The second-order valence-electron chi connectivity index (χ2n) is 7.86. The Balaban J connectivity index is 1.70. The lowest BCUT2D eigenvalue weighted by Gasteiger charge is -2.30. The van der Waals surface area contributed by atoms with Gasteiger partial charge in [0.05, 0.1) is 39.6 Å². The van der Waals surface area contributed by atoms with Crippen LogP contribution in [0.1, 0.15) is 50.5 Å². The van der Waals surface area contributed by atoms with Gasteiger partial charge in [-0.15, -0.1) is 0 Å². The van der Waals surface area contributed by atoms with Crippen molar-refractivity contribution in [1.82, 2.24) is 5.32 Å². The van der Waals surface area contributed by atoms with E-state index in [9.17, 15) is 0 Å². The van der Waals surface area contributed by atoms with Gasteiger partial charge in [0.2, 0.25) is 0 Å². The minimum absolute atomic E-state index is 0.0765. The molecule has 0 spiro atoms. The predicted octanol–water partition coefficient (Wildman–Crippen LogP) is 3.45. The molecule has 3 N–H and O–H groups in total. The molecule has 0 bridgehead atoms. The van der Waals surface area contributed by atoms with Gasteiger partial charge < -0.3 is 25.0 Å². The number of hydrogen-bond acceptors (Lipinski definition) is 5. The maximum atomic E-state index is 8.88. The number of aliphatic hydroxyl groups is 2. The van der Waals surface area contributed by atoms with Crippen molar-refractivity contribution in [2.45, 2.75) is 57.5 Å². The number of ether oxygens (including phenoxy) is 2. The van der Waals surface area contributed by atoms with Crippen LogP contribution in [0.15, 0.2) is 42.0 Å². The molecule has 1 aromatic rings. The lowest BCUT2D eigenvalue weighted by molar-refractivity contribution is 0.0924. The van der Waals surface area contributed by atoms with Crippen LogP contribution < -0.4 is 5.32 Å². The standard InChI is InChI=1S/C24H39NO4/c26-13-17-28-15-4-7-21(12-16-29-18-14-27)19-22-8-10-24(11-9-22)25-20-23-5-2-1-3-6-23/h1-3,5-7,22,24-27H,4,8-20H2/b21-7+. The van der Waals surface area contributed by atoms with Crippen LogP contribution in [0.25, 0.3) is 0 Å². The molecule has 164 valence electrons. The third kappa shape index (κ3) is 10.9. The monoisotopic (exact) mass is 405 g/mol. The van der Waals surface area contributed by atoms with Crippen molar-refractivity contribution in [1.29, 1.82) is 0 Å². The normalized spacial score (nSPS) is 20.1. The van der Waals surface area contributed by atoms with Gasteiger partial charge in [-0.3, -0.25) is 0 Å². The van der Waals surface area contributed by atoms with Gasteiger partial charge in [-0.05, 0) is 56.4 Å². The van der Waals surface area contributed by atoms with Crippen molar-refractivity contribution in [3.63, 3.8) is 0 Å². The van der Waals surface area contributed by atoms with E-state index in [0.29, 0.717) is 32.5 Å². The number of rotatable bonds is 15. The van der Waals surface area contributed by atoms with Crippen LogP contribution in [0.2, 0.25) is 0 Å². The largest absolute Gasteiger partial charge is 0.394 e. The minimum Gasteiger partial charge on any atom is -0.394 e. The molecule has 1 saturated carbocycles. The van der Waals surface area contributed by atoms with Crippen molar-refractivity contribution in [3.8, 4) is 0 Å². The van der Waals surface area contributed by atoms with E-state index in [1.165, 1.54) is 36.8 Å². The molecule has 0 aromatic heterocycles. The third-order valence-corrected chi connectivity index (χ3v) is 5.57. The topological polar surface area (TPSA) is 71.0 Å². The van der Waals surface area contributed by atoms with Gasteiger partial charge in [-0.2, -0.15) is 0 Å². The first-order valence-corrected chi connectivity index (χ1v) is 11.1. The molecule has 2 rings (SSSR count). The Morgan fingerprint density at radius 1 is 0.931 bits per heavy atom. The SMILES string of the molecule is OCCOCC/C=C(\CCOCCO)CC1CCC(NCc2ccccc2)CC1. The minimum atomic E-state index is 0.0765. The van der Waals surface area contributed by atoms with Gasteiger partial charge in [0.1, 0.15) is 0 Å². The molecule has 5 nitrogen and oxygen atoms in total. The summed E-state index contributed by atoms with van der Waals surface area (Å²) in [7, 11) is 0. The second kappa shape index (κ2) is 15.6. The van der Waals surface area contributed by atoms with Crippen molar-refractivity contribution < 1.29 is 19.7 Å². The van der Waals surface area contributed by atoms with Crippen LogP contribution >= 0.6 is 0 Å². The highest BCUT2D eigenvalue weighted by Crippen LogP contribution is 2.30. The summed E-state index contributed by atoms with van der Waals surface area (Å²) in [5, 5.41) is 21.4. The fourth-order valence-corrected chi connectivity index (χ4v) is 3.97. The maximum Gasteiger partial charge on any atom is 0.0697 e. The summed E-state index contributed by atoms with van der Waals surface area (Å²) in [6.07, 6.45) is 10.2. The van der Waals surface area contributed by atoms with Crippen LogP contribution in [0.5, 0.6) is 0 Å². The van der Waals surface area contributed by atoms with Gasteiger partial charge in [0.25, 0.3) is 0 Å². The Morgan fingerprint density at radius 3 is 2.31 bits per heavy atom. The first-order valence-electron chi connectivity index (χ1n) is 11.1. The van der Waals surface area contributed by atoms with E-state index in [0.717, 1.165) is 31.7 Å². The van der Waals surface area contributed by atoms with E-state index < -0.39 is 0 Å². The molecule has 1 aliphatic carbocycles. The van der Waals surface area contributed by atoms with Gasteiger partial charge in [0.15, 0.2) is 0 Å². The summed E-state index contributed by atoms with van der Waals surface area (Å²) in [6.45, 7) is 3.24. The highest BCUT2D eigenvalue weighted by atomic mass is 16.5. The van der Waals surface area contributed by atoms with Crippen molar-refractivity contribution in [2.24, 2.45) is 5.92 Å². The lowest BCUT2D eigenvalue weighted by atomic mass is 9.81. The Kier molecular flexibility index (Phi) is 12.9. The molecule has 0 heterocycles. The number of aliphatic hydroxyl groups excluding tert-OH is 2. The van der Waals surface area contributed by atoms with Gasteiger partial charge >= 0.3 is 0 Å². The van der Waals surface area contributed by atoms with Crippen molar-refractivity contribution in [2.75, 3.05) is 39.6 Å². The van der Waals surface area contributed by atoms with E-state index in [1.807, 2.05) is 0 Å². The molecule has 0 amide bonds. The Morgan fingerprint density at radius 2 is 1.62 bits per heavy atom. The summed E-state index contributed by atoms with van der Waals surface area (Å²) < 4.78 is 10.8. The van der Waals surface area contributed by atoms with E-state index in [4.69, 9.17) is 19.7 Å². The molecule has 0 saturated heterocycles. The van der Waals surface area contributed by atoms with Gasteiger partial charge in [-0.1, -0.05) is 42.0 Å². The molecule has 5 heteroatoms. The number of benzene rings is 1. The van der Waals surface area contributed by atoms with E-state index in [-0.39, 0.29) is 13.2 Å². The second-order valence-corrected chi connectivity index (χ2v) is 7.86. The third-order valence-electron chi connectivity index (χ3n) is 5.57. The van der Waals surface area contributed by atoms with Gasteiger partial charge in [-0.25, -0.2) is 0 Å². The Bertz CT molecular complexity index is 541. The first-order chi connectivity index (χ1) is 14.3. The summed E-state index contributed by atoms with van der Waals surface area (Å²) in [5.74, 6) is 0.743. The quantitative estimate of drug-likeness (QED) is 0.308. The van der Waals surface area contributed by atoms with E-state index in [2.05, 4.69) is 41.7 Å². The average molecular weight is 406 g/mol. The molecule has 29 heavy (non-hydrogen) atoms. The predicted molar refractivity (Wildman–Crippen MR) is 117 cm³/mol. The highest BCUT2D eigenvalue weighted by molar-refractivity contribution is 5.14. The summed E-state index contributed by atoms with van der Waals surface area (Å²) in [5.41, 5.74) is 2.79. The van der Waals surface area contributed by atoms with Crippen LogP contribution in [0.3, 0.4) is 0 Å². The fourth-order valence-electron chi connectivity index (χ4n) is 3.97. The molecule has 1 aromatic carbocycles. The zero-order chi connectivity index (χ0) is 20.6. The molecular weight excluding hydrogens is 366 g/mol. The van der Waals surface area contributed by atoms with E-state index in [1.54, 1.807) is 0 Å².